The first-order valence-corrected chi connectivity index (χ1v) is 20.0. The molecule has 0 radical (unpaired) electrons. The molecule has 1 unspecified atom stereocenters. The van der Waals surface area contributed by atoms with E-state index in [1.807, 2.05) is 77.9 Å². The molecule has 14 heteroatoms. The molecule has 0 saturated carbocycles. The lowest BCUT2D eigenvalue weighted by Crippen LogP contribution is -2.60. The minimum Gasteiger partial charge on any atom is -0.455 e. The number of hydrazine groups is 1. The van der Waals surface area contributed by atoms with Crippen molar-refractivity contribution >= 4 is 29.4 Å². The van der Waals surface area contributed by atoms with Crippen molar-refractivity contribution in [1.82, 2.24) is 15.3 Å². The third-order valence-corrected chi connectivity index (χ3v) is 11.9. The summed E-state index contributed by atoms with van der Waals surface area (Å²) in [6, 6.07) is 6.53. The highest BCUT2D eigenvalue weighted by Gasteiger charge is 2.60. The zero-order valence-corrected chi connectivity index (χ0v) is 35.4. The van der Waals surface area contributed by atoms with Crippen molar-refractivity contribution in [3.63, 3.8) is 0 Å². The van der Waals surface area contributed by atoms with Gasteiger partial charge in [-0.25, -0.2) is 20.0 Å². The number of rotatable bonds is 11. The monoisotopic (exact) mass is 786 g/mol. The summed E-state index contributed by atoms with van der Waals surface area (Å²) in [5.41, 5.74) is 2.88. The van der Waals surface area contributed by atoms with Crippen LogP contribution in [0.15, 0.2) is 35.9 Å². The largest absolute Gasteiger partial charge is 0.455 e. The van der Waals surface area contributed by atoms with Crippen LogP contribution in [0, 0.1) is 17.8 Å². The number of cyclic esters (lactones) is 1. The number of nitrogens with one attached hydrogen (secondary N) is 2. The quantitative estimate of drug-likeness (QED) is 0.203. The van der Waals surface area contributed by atoms with Gasteiger partial charge in [0.25, 0.3) is 0 Å². The van der Waals surface area contributed by atoms with Crippen molar-refractivity contribution in [3.05, 3.63) is 41.5 Å². The van der Waals surface area contributed by atoms with Crippen molar-refractivity contribution in [2.45, 2.75) is 148 Å². The summed E-state index contributed by atoms with van der Waals surface area (Å²) in [4.78, 5) is 55.6. The molecule has 2 amide bonds. The normalized spacial score (nSPS) is 36.9. The van der Waals surface area contributed by atoms with Crippen molar-refractivity contribution in [2.75, 3.05) is 33.1 Å². The van der Waals surface area contributed by atoms with Crippen molar-refractivity contribution < 1.29 is 48.0 Å². The van der Waals surface area contributed by atoms with Crippen LogP contribution in [-0.2, 0) is 44.5 Å². The molecule has 12 atom stereocenters. The number of methoxy groups -OCH3 is 1. The Balaban J connectivity index is 1.65. The highest BCUT2D eigenvalue weighted by atomic mass is 16.7. The smallest absolute Gasteiger partial charge is 0.425 e. The number of Topliss-reactive ketones (excluding diaryl/α,β-unsaturated/α-hetero) is 1. The molecule has 0 aliphatic carbocycles. The predicted molar refractivity (Wildman–Crippen MR) is 211 cm³/mol. The second-order valence-electron chi connectivity index (χ2n) is 16.7. The maximum absolute atomic E-state index is 14.6. The number of ketones is 1. The number of hydrogen-bond acceptors (Lipinski definition) is 12. The van der Waals surface area contributed by atoms with Crippen molar-refractivity contribution in [2.24, 2.45) is 17.8 Å². The van der Waals surface area contributed by atoms with Gasteiger partial charge in [0.1, 0.15) is 24.0 Å². The molecule has 0 aromatic heterocycles. The number of fused-ring (bicyclic) bond motifs is 1. The van der Waals surface area contributed by atoms with E-state index in [9.17, 15) is 24.3 Å². The van der Waals surface area contributed by atoms with Gasteiger partial charge in [0.2, 0.25) is 5.91 Å². The van der Waals surface area contributed by atoms with Gasteiger partial charge in [-0.3, -0.25) is 9.59 Å². The van der Waals surface area contributed by atoms with E-state index in [0.29, 0.717) is 43.5 Å². The average molecular weight is 787 g/mol. The maximum Gasteiger partial charge on any atom is 0.425 e. The molecule has 1 aromatic rings. The van der Waals surface area contributed by atoms with Crippen LogP contribution < -0.4 is 10.7 Å². The molecule has 3 heterocycles. The van der Waals surface area contributed by atoms with Gasteiger partial charge in [-0.05, 0) is 91.6 Å². The number of amides is 2. The van der Waals surface area contributed by atoms with E-state index in [4.69, 9.17) is 23.7 Å². The van der Waals surface area contributed by atoms with E-state index in [0.717, 1.165) is 5.56 Å². The Hall–Kier alpha value is -3.40. The Labute approximate surface area is 332 Å². The minimum absolute atomic E-state index is 0.125. The van der Waals surface area contributed by atoms with Crippen LogP contribution in [0.5, 0.6) is 0 Å². The Morgan fingerprint density at radius 3 is 2.34 bits per heavy atom. The zero-order valence-electron chi connectivity index (χ0n) is 35.4. The van der Waals surface area contributed by atoms with Gasteiger partial charge in [0, 0.05) is 55.6 Å². The first-order valence-electron chi connectivity index (χ1n) is 20.0. The molecule has 3 aliphatic rings. The molecule has 1 aromatic carbocycles. The van der Waals surface area contributed by atoms with Gasteiger partial charge >= 0.3 is 12.1 Å². The minimum atomic E-state index is -1.37. The molecule has 0 spiro atoms. The van der Waals surface area contributed by atoms with Gasteiger partial charge in [-0.15, -0.1) is 0 Å². The summed E-state index contributed by atoms with van der Waals surface area (Å²) < 4.78 is 31.4. The lowest BCUT2D eigenvalue weighted by atomic mass is 9.74. The number of hydrogen-bond donors (Lipinski definition) is 3. The molecule has 0 bridgehead atoms. The van der Waals surface area contributed by atoms with Crippen LogP contribution in [0.4, 0.5) is 10.5 Å². The predicted octanol–water partition coefficient (Wildman–Crippen LogP) is 5.03. The highest BCUT2D eigenvalue weighted by molar-refractivity contribution is 5.89. The molecular weight excluding hydrogens is 720 g/mol. The number of aryl methyl sites for hydroxylation is 1. The number of benzene rings is 1. The summed E-state index contributed by atoms with van der Waals surface area (Å²) >= 11 is 0. The van der Waals surface area contributed by atoms with E-state index in [1.165, 1.54) is 11.9 Å². The number of carbonyl (C=O) groups is 4. The third-order valence-electron chi connectivity index (χ3n) is 11.9. The third kappa shape index (κ3) is 10.2. The van der Waals surface area contributed by atoms with Crippen LogP contribution in [0.2, 0.25) is 0 Å². The van der Waals surface area contributed by atoms with Gasteiger partial charge in [-0.1, -0.05) is 45.9 Å². The highest BCUT2D eigenvalue weighted by Crippen LogP contribution is 2.42. The molecule has 3 aliphatic heterocycles. The molecule has 56 heavy (non-hydrogen) atoms. The summed E-state index contributed by atoms with van der Waals surface area (Å²) in [5, 5.41) is 15.6. The number of esters is 1. The Morgan fingerprint density at radius 2 is 1.75 bits per heavy atom. The fourth-order valence-corrected chi connectivity index (χ4v) is 8.89. The van der Waals surface area contributed by atoms with Gasteiger partial charge in [-0.2, -0.15) is 0 Å². The first-order chi connectivity index (χ1) is 26.3. The van der Waals surface area contributed by atoms with Crippen molar-refractivity contribution in [3.8, 4) is 0 Å². The van der Waals surface area contributed by atoms with E-state index in [-0.39, 0.29) is 30.3 Å². The van der Waals surface area contributed by atoms with E-state index in [2.05, 4.69) is 10.7 Å². The molecular formula is C42H66N4O10. The topological polar surface area (TPSA) is 165 Å². The fourth-order valence-electron chi connectivity index (χ4n) is 8.89. The van der Waals surface area contributed by atoms with Gasteiger partial charge in [0.15, 0.2) is 11.9 Å². The van der Waals surface area contributed by atoms with Crippen LogP contribution >= 0.6 is 0 Å². The molecule has 14 nitrogen and oxygen atoms in total. The number of aliphatic hydroxyl groups excluding tert-OH is 1. The lowest BCUT2D eigenvalue weighted by Gasteiger charge is -2.46. The number of anilines is 1. The molecule has 314 valence electrons. The fraction of sp³-hybridized carbons (Fsp3) is 0.714. The molecule has 3 N–H and O–H groups in total. The van der Waals surface area contributed by atoms with E-state index in [1.54, 1.807) is 34.0 Å². The Bertz CT molecular complexity index is 1570. The van der Waals surface area contributed by atoms with E-state index < -0.39 is 71.7 Å². The number of nitrogens with zero attached hydrogens (tertiary/aromatic N) is 2. The second kappa shape index (κ2) is 18.9. The summed E-state index contributed by atoms with van der Waals surface area (Å²) in [6.07, 6.45) is -0.158. The maximum atomic E-state index is 14.6. The molecule has 2 fully saturated rings. The Morgan fingerprint density at radius 1 is 1.09 bits per heavy atom. The Kier molecular flexibility index (Phi) is 15.3. The lowest BCUT2D eigenvalue weighted by molar-refractivity contribution is -0.294. The zero-order chi connectivity index (χ0) is 41.7. The van der Waals surface area contributed by atoms with E-state index >= 15 is 0 Å². The van der Waals surface area contributed by atoms with Crippen LogP contribution in [0.25, 0.3) is 0 Å². The number of ether oxygens (including phenoxy) is 5. The molecule has 4 rings (SSSR count). The SMILES string of the molecule is CCC1OC(=O)/C(C)=C/[C@H](C)[C@@H](O[C@@H]2O[C@H](C)C[C@H](N(C)C)[C@H]2O)[C@](C)(OC)C[C@@H](C)C(=O)[C@H](C)[C@H]2N(NCCCc3ccc(NC(C)=O)cc3)C(=O)O[C@]12C. The summed E-state index contributed by atoms with van der Waals surface area (Å²) in [5.74, 6) is -2.64. The number of likely N-dealkylation sites (N-methyl/N-ethyl adjacent to an activating group) is 1. The van der Waals surface area contributed by atoms with Gasteiger partial charge < -0.3 is 39.0 Å². The number of carbonyl (C=O) groups excluding carboxylic acids is 4. The number of aliphatic hydroxyl groups is 1. The molecule has 2 saturated heterocycles. The standard InChI is InChI=1S/C42H66N4O10/c1-13-33-42(9)36(46(40(51)56-42)43-20-14-15-30-16-18-31(19-17-30)44-29(7)47)28(6)34(48)26(4)23-41(8,52-12)37(24(2)21-25(3)38(50)54-33)55-39-35(49)32(45(10)11)22-27(5)53-39/h16-19,21,24,26-28,32-33,35-37,39,43,49H,13-15,20,22-23H2,1-12H3,(H,44,47)/b25-21+/t24-,26+,27+,28-,32-,33?,35+,36+,37+,39-,41+,42+/m0/s1. The van der Waals surface area contributed by atoms with Crippen LogP contribution in [0.1, 0.15) is 93.6 Å². The first kappa shape index (κ1) is 45.3. The van der Waals surface area contributed by atoms with Crippen molar-refractivity contribution in [1.29, 1.82) is 0 Å². The van der Waals surface area contributed by atoms with Gasteiger partial charge in [0.05, 0.1) is 17.8 Å². The average Bonchev–Trinajstić information content (AvgIpc) is 3.40. The van der Waals surface area contributed by atoms with Crippen LogP contribution in [0.3, 0.4) is 0 Å². The summed E-state index contributed by atoms with van der Waals surface area (Å²) in [6.45, 7) is 16.5. The second-order valence-corrected chi connectivity index (χ2v) is 16.7. The summed E-state index contributed by atoms with van der Waals surface area (Å²) in [7, 11) is 5.38. The van der Waals surface area contributed by atoms with Crippen LogP contribution in [-0.4, -0.2) is 121 Å².